The van der Waals surface area contributed by atoms with Crippen LogP contribution in [-0.2, 0) is 6.54 Å². The molecule has 2 aliphatic carbocycles. The van der Waals surface area contributed by atoms with Crippen LogP contribution < -0.4 is 5.32 Å². The standard InChI is InChI=1S/C16H21N3O2.C10H12/c20-15(21)14-4-1-11(7-17-14)8-19-9-16(10-19)5-13(6-16)18-12-2-3-12;1-2-3-7-10-8-5-4-6-9-10/h1,4,7,12-13,18H,2-3,5-6,8-10H2,(H,20,21);3-9H,2H2,1H3/b;7-3-. The molecule has 1 aromatic heterocycles. The zero-order valence-electron chi connectivity index (χ0n) is 18.3. The van der Waals surface area contributed by atoms with Crippen molar-refractivity contribution in [2.45, 2.75) is 57.7 Å². The normalized spacial score (nSPS) is 20.0. The highest BCUT2D eigenvalue weighted by atomic mass is 16.4. The molecule has 5 nitrogen and oxygen atoms in total. The maximum absolute atomic E-state index is 10.8. The first-order valence-corrected chi connectivity index (χ1v) is 11.4. The van der Waals surface area contributed by atoms with Crippen LogP contribution in [0.3, 0.4) is 0 Å². The Kier molecular flexibility index (Phi) is 6.83. The molecule has 31 heavy (non-hydrogen) atoms. The third-order valence-electron chi connectivity index (χ3n) is 6.32. The lowest BCUT2D eigenvalue weighted by Gasteiger charge is -2.59. The molecule has 0 unspecified atom stereocenters. The number of hydrogen-bond donors (Lipinski definition) is 2. The van der Waals surface area contributed by atoms with Crippen LogP contribution in [0, 0.1) is 5.41 Å². The second-order valence-electron chi connectivity index (χ2n) is 9.27. The molecule has 1 spiro atoms. The Morgan fingerprint density at radius 2 is 1.90 bits per heavy atom. The van der Waals surface area contributed by atoms with Gasteiger partial charge in [0.25, 0.3) is 0 Å². The molecule has 1 aliphatic heterocycles. The smallest absolute Gasteiger partial charge is 0.354 e. The topological polar surface area (TPSA) is 65.5 Å². The summed E-state index contributed by atoms with van der Waals surface area (Å²) in [4.78, 5) is 17.2. The van der Waals surface area contributed by atoms with Gasteiger partial charge in [0.05, 0.1) is 0 Å². The number of rotatable bonds is 7. The van der Waals surface area contributed by atoms with Gasteiger partial charge in [-0.3, -0.25) is 4.90 Å². The predicted molar refractivity (Wildman–Crippen MR) is 124 cm³/mol. The molecule has 164 valence electrons. The number of nitrogens with one attached hydrogen (secondary N) is 1. The van der Waals surface area contributed by atoms with E-state index in [0.717, 1.165) is 30.6 Å². The summed E-state index contributed by atoms with van der Waals surface area (Å²) in [6, 6.07) is 15.4. The summed E-state index contributed by atoms with van der Waals surface area (Å²) in [5.74, 6) is -0.965. The average molecular weight is 420 g/mol. The summed E-state index contributed by atoms with van der Waals surface area (Å²) in [6.07, 6.45) is 12.5. The van der Waals surface area contributed by atoms with E-state index in [1.807, 2.05) is 12.1 Å². The van der Waals surface area contributed by atoms with Crippen LogP contribution in [0.5, 0.6) is 0 Å². The fourth-order valence-electron chi connectivity index (χ4n) is 4.68. The highest BCUT2D eigenvalue weighted by molar-refractivity contribution is 5.85. The molecule has 2 heterocycles. The Morgan fingerprint density at radius 3 is 2.48 bits per heavy atom. The van der Waals surface area contributed by atoms with Gasteiger partial charge in [-0.25, -0.2) is 9.78 Å². The molecular weight excluding hydrogens is 386 g/mol. The van der Waals surface area contributed by atoms with E-state index < -0.39 is 5.97 Å². The number of allylic oxidation sites excluding steroid dienone is 1. The van der Waals surface area contributed by atoms with Crippen LogP contribution in [-0.4, -0.2) is 46.1 Å². The Labute approximate surface area is 185 Å². The monoisotopic (exact) mass is 419 g/mol. The number of likely N-dealkylation sites (tertiary alicyclic amines) is 1. The molecule has 5 heteroatoms. The van der Waals surface area contributed by atoms with E-state index in [-0.39, 0.29) is 5.69 Å². The number of nitrogens with zero attached hydrogens (tertiary/aromatic N) is 2. The van der Waals surface area contributed by atoms with Crippen molar-refractivity contribution in [3.05, 3.63) is 71.6 Å². The Balaban J connectivity index is 0.000000196. The number of pyridine rings is 1. The van der Waals surface area contributed by atoms with Crippen LogP contribution in [0.15, 0.2) is 54.7 Å². The fraction of sp³-hybridized carbons (Fsp3) is 0.462. The van der Waals surface area contributed by atoms with Gasteiger partial charge in [-0.15, -0.1) is 0 Å². The van der Waals surface area contributed by atoms with E-state index in [0.29, 0.717) is 5.41 Å². The van der Waals surface area contributed by atoms with Gasteiger partial charge in [0, 0.05) is 37.9 Å². The summed E-state index contributed by atoms with van der Waals surface area (Å²) in [5, 5.41) is 12.5. The van der Waals surface area contributed by atoms with Crippen molar-refractivity contribution >= 4 is 12.0 Å². The van der Waals surface area contributed by atoms with E-state index in [1.165, 1.54) is 44.3 Å². The number of aromatic carboxylic acids is 1. The summed E-state index contributed by atoms with van der Waals surface area (Å²) < 4.78 is 0. The molecule has 1 saturated heterocycles. The lowest BCUT2D eigenvalue weighted by atomic mass is 9.60. The van der Waals surface area contributed by atoms with Gasteiger partial charge in [-0.05, 0) is 54.7 Å². The number of carbonyl (C=O) groups is 1. The van der Waals surface area contributed by atoms with Gasteiger partial charge in [0.1, 0.15) is 5.69 Å². The van der Waals surface area contributed by atoms with Crippen molar-refractivity contribution in [1.29, 1.82) is 0 Å². The molecule has 5 rings (SSSR count). The minimum Gasteiger partial charge on any atom is -0.477 e. The zero-order valence-corrected chi connectivity index (χ0v) is 18.3. The first-order chi connectivity index (χ1) is 15.0. The van der Waals surface area contributed by atoms with E-state index in [4.69, 9.17) is 5.11 Å². The molecule has 3 fully saturated rings. The number of carboxylic acids is 1. The third kappa shape index (κ3) is 6.02. The lowest BCUT2D eigenvalue weighted by Crippen LogP contribution is -2.65. The minimum atomic E-state index is -0.965. The van der Waals surface area contributed by atoms with Crippen LogP contribution >= 0.6 is 0 Å². The minimum absolute atomic E-state index is 0.117. The highest BCUT2D eigenvalue weighted by Crippen LogP contribution is 2.49. The summed E-state index contributed by atoms with van der Waals surface area (Å²) in [5.41, 5.74) is 3.07. The molecule has 2 N–H and O–H groups in total. The molecule has 0 amide bonds. The Hall–Kier alpha value is -2.50. The lowest BCUT2D eigenvalue weighted by molar-refractivity contribution is -0.0832. The van der Waals surface area contributed by atoms with Crippen LogP contribution in [0.25, 0.3) is 6.08 Å². The SMILES string of the molecule is CC/C=C\c1ccccc1.O=C(O)c1ccc(CN2CC3(CC(NC4CC4)C3)C2)cn1. The Bertz CT molecular complexity index is 877. The second kappa shape index (κ2) is 9.75. The molecule has 2 saturated carbocycles. The predicted octanol–water partition coefficient (Wildman–Crippen LogP) is 4.61. The first kappa shape index (κ1) is 21.7. The van der Waals surface area contributed by atoms with Crippen LogP contribution in [0.2, 0.25) is 0 Å². The van der Waals surface area contributed by atoms with Crippen LogP contribution in [0.1, 0.15) is 60.6 Å². The van der Waals surface area contributed by atoms with Gasteiger partial charge < -0.3 is 10.4 Å². The van der Waals surface area contributed by atoms with Gasteiger partial charge in [0.2, 0.25) is 0 Å². The quantitative estimate of drug-likeness (QED) is 0.686. The van der Waals surface area contributed by atoms with Crippen molar-refractivity contribution in [1.82, 2.24) is 15.2 Å². The zero-order chi connectivity index (χ0) is 21.7. The molecular formula is C26H33N3O2. The average Bonchev–Trinajstić information content (AvgIpc) is 3.55. The van der Waals surface area contributed by atoms with Crippen molar-refractivity contribution in [2.75, 3.05) is 13.1 Å². The summed E-state index contributed by atoms with van der Waals surface area (Å²) in [6.45, 7) is 5.38. The molecule has 2 aromatic rings. The van der Waals surface area contributed by atoms with E-state index >= 15 is 0 Å². The number of aromatic nitrogens is 1. The molecule has 0 atom stereocenters. The number of carboxylic acid groups (broad SMARTS) is 1. The molecule has 0 bridgehead atoms. The van der Waals surface area contributed by atoms with Crippen molar-refractivity contribution in [3.63, 3.8) is 0 Å². The fourth-order valence-corrected chi connectivity index (χ4v) is 4.68. The van der Waals surface area contributed by atoms with Gasteiger partial charge in [-0.1, -0.05) is 55.5 Å². The summed E-state index contributed by atoms with van der Waals surface area (Å²) in [7, 11) is 0. The van der Waals surface area contributed by atoms with Crippen molar-refractivity contribution in [2.24, 2.45) is 5.41 Å². The second-order valence-corrected chi connectivity index (χ2v) is 9.27. The largest absolute Gasteiger partial charge is 0.477 e. The van der Waals surface area contributed by atoms with E-state index in [1.54, 1.807) is 12.3 Å². The van der Waals surface area contributed by atoms with Gasteiger partial charge in [-0.2, -0.15) is 0 Å². The van der Waals surface area contributed by atoms with Crippen LogP contribution in [0.4, 0.5) is 0 Å². The number of benzene rings is 1. The van der Waals surface area contributed by atoms with Crippen molar-refractivity contribution in [3.8, 4) is 0 Å². The maximum Gasteiger partial charge on any atom is 0.354 e. The number of hydrogen-bond acceptors (Lipinski definition) is 4. The molecule has 1 aromatic carbocycles. The van der Waals surface area contributed by atoms with Gasteiger partial charge in [0.15, 0.2) is 0 Å². The summed E-state index contributed by atoms with van der Waals surface area (Å²) >= 11 is 0. The third-order valence-corrected chi connectivity index (χ3v) is 6.32. The Morgan fingerprint density at radius 1 is 1.16 bits per heavy atom. The van der Waals surface area contributed by atoms with E-state index in [2.05, 4.69) is 58.5 Å². The first-order valence-electron chi connectivity index (χ1n) is 11.4. The highest BCUT2D eigenvalue weighted by Gasteiger charge is 2.52. The van der Waals surface area contributed by atoms with Gasteiger partial charge >= 0.3 is 5.97 Å². The molecule has 0 radical (unpaired) electrons. The maximum atomic E-state index is 10.8. The molecule has 3 aliphatic rings. The van der Waals surface area contributed by atoms with Crippen molar-refractivity contribution < 1.29 is 9.90 Å². The van der Waals surface area contributed by atoms with E-state index in [9.17, 15) is 4.79 Å².